The number of fused-ring (bicyclic) bond motifs is 3. The van der Waals surface area contributed by atoms with Gasteiger partial charge in [-0.1, -0.05) is 31.9 Å². The second-order valence-corrected chi connectivity index (χ2v) is 9.42. The molecule has 1 aromatic heterocycles. The second kappa shape index (κ2) is 8.61. The van der Waals surface area contributed by atoms with Crippen molar-refractivity contribution < 1.29 is 14.3 Å². The summed E-state index contributed by atoms with van der Waals surface area (Å²) in [5.74, 6) is -0.452. The molecule has 5 rings (SSSR count). The molecule has 0 fully saturated rings. The van der Waals surface area contributed by atoms with Crippen molar-refractivity contribution in [1.29, 1.82) is 0 Å². The van der Waals surface area contributed by atoms with Gasteiger partial charge in [0.15, 0.2) is 0 Å². The van der Waals surface area contributed by atoms with Crippen LogP contribution in [0.25, 0.3) is 27.5 Å². The minimum atomic E-state index is -0.544. The summed E-state index contributed by atoms with van der Waals surface area (Å²) in [4.78, 5) is 25.5. The van der Waals surface area contributed by atoms with Gasteiger partial charge < -0.3 is 9.30 Å². The summed E-state index contributed by atoms with van der Waals surface area (Å²) in [6.45, 7) is 0. The fourth-order valence-corrected chi connectivity index (χ4v) is 4.73. The van der Waals surface area contributed by atoms with Crippen LogP contribution in [0.2, 0.25) is 0 Å². The molecule has 33 heavy (non-hydrogen) atoms. The Bertz CT molecular complexity index is 1480. The van der Waals surface area contributed by atoms with Crippen LogP contribution in [-0.4, -0.2) is 23.2 Å². The quantitative estimate of drug-likeness (QED) is 0.166. The molecular weight excluding hydrogens is 546 g/mol. The van der Waals surface area contributed by atoms with Gasteiger partial charge >= 0.3 is 0 Å². The number of hydrogen-bond acceptors (Lipinski definition) is 3. The first-order valence-corrected chi connectivity index (χ1v) is 11.8. The molecule has 0 amide bonds. The van der Waals surface area contributed by atoms with Crippen molar-refractivity contribution >= 4 is 65.2 Å². The zero-order valence-electron chi connectivity index (χ0n) is 17.5. The molecule has 0 unspecified atom stereocenters. The van der Waals surface area contributed by atoms with Gasteiger partial charge in [-0.25, -0.2) is 0 Å². The van der Waals surface area contributed by atoms with E-state index in [0.29, 0.717) is 16.9 Å². The lowest BCUT2D eigenvalue weighted by atomic mass is 10.0. The van der Waals surface area contributed by atoms with E-state index < -0.39 is 11.6 Å². The fraction of sp³-hybridized carbons (Fsp3) is 0.0370. The van der Waals surface area contributed by atoms with Gasteiger partial charge in [0.1, 0.15) is 5.75 Å². The van der Waals surface area contributed by atoms with E-state index >= 15 is 0 Å². The van der Waals surface area contributed by atoms with Crippen molar-refractivity contribution in [3.63, 3.8) is 0 Å². The van der Waals surface area contributed by atoms with Crippen LogP contribution in [0.3, 0.4) is 0 Å². The number of ether oxygens (including phenoxy) is 1. The highest BCUT2D eigenvalue weighted by Crippen LogP contribution is 2.35. The molecule has 0 saturated heterocycles. The second-order valence-electron chi connectivity index (χ2n) is 7.59. The van der Waals surface area contributed by atoms with Crippen LogP contribution in [0, 0.1) is 0 Å². The first-order chi connectivity index (χ1) is 16.0. The number of aromatic nitrogens is 1. The number of rotatable bonds is 5. The van der Waals surface area contributed by atoms with E-state index in [1.54, 1.807) is 43.5 Å². The lowest BCUT2D eigenvalue weighted by Crippen LogP contribution is -2.14. The Morgan fingerprint density at radius 3 is 1.58 bits per heavy atom. The minimum absolute atomic E-state index is 0.337. The van der Waals surface area contributed by atoms with Crippen LogP contribution >= 0.6 is 31.9 Å². The van der Waals surface area contributed by atoms with E-state index in [1.165, 1.54) is 0 Å². The molecule has 0 aliphatic carbocycles. The zero-order chi connectivity index (χ0) is 23.1. The van der Waals surface area contributed by atoms with E-state index in [9.17, 15) is 9.59 Å². The van der Waals surface area contributed by atoms with E-state index in [0.717, 1.165) is 36.4 Å². The third kappa shape index (κ3) is 3.90. The van der Waals surface area contributed by atoms with Gasteiger partial charge in [0, 0.05) is 36.5 Å². The number of benzene rings is 4. The predicted molar refractivity (Wildman–Crippen MR) is 138 cm³/mol. The van der Waals surface area contributed by atoms with Gasteiger partial charge in [-0.05, 0) is 84.9 Å². The van der Waals surface area contributed by atoms with Gasteiger partial charge in [0.2, 0.25) is 11.6 Å². The van der Waals surface area contributed by atoms with Crippen LogP contribution in [0.4, 0.5) is 0 Å². The maximum Gasteiger partial charge on any atom is 0.233 e. The Kier molecular flexibility index (Phi) is 5.64. The molecule has 0 aliphatic heterocycles. The molecule has 4 nitrogen and oxygen atoms in total. The third-order valence-corrected chi connectivity index (χ3v) is 6.62. The van der Waals surface area contributed by atoms with Crippen molar-refractivity contribution in [2.24, 2.45) is 0 Å². The van der Waals surface area contributed by atoms with Crippen molar-refractivity contribution in [2.45, 2.75) is 0 Å². The number of methoxy groups -OCH3 is 1. The lowest BCUT2D eigenvalue weighted by Gasteiger charge is -2.09. The van der Waals surface area contributed by atoms with Gasteiger partial charge in [-0.3, -0.25) is 9.59 Å². The van der Waals surface area contributed by atoms with Crippen molar-refractivity contribution in [3.8, 4) is 11.4 Å². The number of hydrogen-bond donors (Lipinski definition) is 0. The smallest absolute Gasteiger partial charge is 0.233 e. The average molecular weight is 563 g/mol. The normalized spacial score (nSPS) is 11.1. The van der Waals surface area contributed by atoms with Gasteiger partial charge in [-0.15, -0.1) is 0 Å². The Labute approximate surface area is 207 Å². The van der Waals surface area contributed by atoms with E-state index in [4.69, 9.17) is 4.74 Å². The molecule has 0 spiro atoms. The van der Waals surface area contributed by atoms with Crippen LogP contribution in [0.15, 0.2) is 93.9 Å². The minimum Gasteiger partial charge on any atom is -0.497 e. The summed E-state index contributed by atoms with van der Waals surface area (Å²) in [6, 6.07) is 26.1. The summed E-state index contributed by atoms with van der Waals surface area (Å²) in [5.41, 5.74) is 3.71. The number of Topliss-reactive ketones (excluding diaryl/α,β-unsaturated/α-hetero) is 2. The molecule has 5 aromatic rings. The molecular formula is C27H17Br2NO3. The summed E-state index contributed by atoms with van der Waals surface area (Å²) < 4.78 is 9.28. The molecule has 0 saturated carbocycles. The SMILES string of the molecule is COc1ccc(C(=O)C(=O)c2ccc(-n3c4ccc(Br)cc4c4cc(Br)ccc43)cc2)cc1. The predicted octanol–water partition coefficient (Wildman–Crippen LogP) is 7.38. The molecule has 0 aliphatic rings. The highest BCUT2D eigenvalue weighted by molar-refractivity contribution is 9.10. The lowest BCUT2D eigenvalue weighted by molar-refractivity contribution is 0.0817. The highest BCUT2D eigenvalue weighted by Gasteiger charge is 2.19. The topological polar surface area (TPSA) is 48.3 Å². The van der Waals surface area contributed by atoms with E-state index in [2.05, 4.69) is 60.7 Å². The zero-order valence-corrected chi connectivity index (χ0v) is 20.7. The van der Waals surface area contributed by atoms with E-state index in [1.807, 2.05) is 24.3 Å². The summed E-state index contributed by atoms with van der Waals surface area (Å²) in [6.07, 6.45) is 0. The van der Waals surface area contributed by atoms with Gasteiger partial charge in [0.05, 0.1) is 18.1 Å². The first kappa shape index (κ1) is 21.6. The molecule has 1 heterocycles. The van der Waals surface area contributed by atoms with Crippen LogP contribution in [0.1, 0.15) is 20.7 Å². The Balaban J connectivity index is 1.54. The molecule has 162 valence electrons. The summed E-state index contributed by atoms with van der Waals surface area (Å²) >= 11 is 7.14. The number of carbonyl (C=O) groups excluding carboxylic acids is 2. The fourth-order valence-electron chi connectivity index (χ4n) is 4.01. The van der Waals surface area contributed by atoms with Crippen molar-refractivity contribution in [3.05, 3.63) is 105 Å². The van der Waals surface area contributed by atoms with Gasteiger partial charge in [-0.2, -0.15) is 0 Å². The molecule has 0 N–H and O–H groups in total. The highest BCUT2D eigenvalue weighted by atomic mass is 79.9. The maximum absolute atomic E-state index is 12.8. The van der Waals surface area contributed by atoms with Gasteiger partial charge in [0.25, 0.3) is 0 Å². The molecule has 4 aromatic carbocycles. The average Bonchev–Trinajstić information content (AvgIpc) is 3.16. The molecule has 6 heteroatoms. The number of halogens is 2. The van der Waals surface area contributed by atoms with Crippen molar-refractivity contribution in [2.75, 3.05) is 7.11 Å². The molecule has 0 bridgehead atoms. The summed E-state index contributed by atoms with van der Waals surface area (Å²) in [7, 11) is 1.55. The van der Waals surface area contributed by atoms with Crippen LogP contribution < -0.4 is 4.74 Å². The Morgan fingerprint density at radius 1 is 0.667 bits per heavy atom. The van der Waals surface area contributed by atoms with Crippen molar-refractivity contribution in [1.82, 2.24) is 4.57 Å². The maximum atomic E-state index is 12.8. The summed E-state index contributed by atoms with van der Waals surface area (Å²) in [5, 5.41) is 2.24. The monoisotopic (exact) mass is 561 g/mol. The third-order valence-electron chi connectivity index (χ3n) is 5.64. The van der Waals surface area contributed by atoms with Crippen LogP contribution in [0.5, 0.6) is 5.75 Å². The Morgan fingerprint density at radius 2 is 1.12 bits per heavy atom. The molecule has 0 atom stereocenters. The number of ketones is 2. The first-order valence-electron chi connectivity index (χ1n) is 10.2. The Hall–Kier alpha value is -3.22. The number of nitrogens with zero attached hydrogens (tertiary/aromatic N) is 1. The standard InChI is InChI=1S/C27H17Br2NO3/c1-33-21-10-4-17(5-11-21)27(32)26(31)16-2-8-20(9-3-16)30-24-12-6-18(28)14-22(24)23-15-19(29)7-13-25(23)30/h2-15H,1H3. The van der Waals surface area contributed by atoms with E-state index in [-0.39, 0.29) is 0 Å². The van der Waals surface area contributed by atoms with Crippen LogP contribution in [-0.2, 0) is 0 Å². The number of carbonyl (C=O) groups is 2. The molecule has 0 radical (unpaired) electrons. The largest absolute Gasteiger partial charge is 0.497 e.